The van der Waals surface area contributed by atoms with Gasteiger partial charge in [-0.2, -0.15) is 0 Å². The second-order valence-corrected chi connectivity index (χ2v) is 6.29. The Morgan fingerprint density at radius 1 is 1.24 bits per heavy atom. The number of nitrogens with zero attached hydrogens (tertiary/aromatic N) is 2. The molecule has 1 aromatic heterocycles. The Balaban J connectivity index is 1.59. The molecule has 0 bridgehead atoms. The minimum absolute atomic E-state index is 0.127. The van der Waals surface area contributed by atoms with Crippen LogP contribution in [0.3, 0.4) is 0 Å². The molecule has 1 saturated heterocycles. The molecule has 21 heavy (non-hydrogen) atoms. The van der Waals surface area contributed by atoms with Gasteiger partial charge in [-0.15, -0.1) is 0 Å². The van der Waals surface area contributed by atoms with Gasteiger partial charge in [0.05, 0.1) is 5.52 Å². The number of benzene rings is 1. The topological polar surface area (TPSA) is 59.2 Å². The number of carbonyl (C=O) groups is 1. The average molecular weight is 281 g/mol. The first kappa shape index (κ1) is 12.8. The molecule has 2 N–H and O–H groups in total. The molecule has 4 heteroatoms. The maximum atomic E-state index is 12.7. The molecule has 4 rings (SSSR count). The van der Waals surface area contributed by atoms with Gasteiger partial charge in [-0.25, -0.2) is 0 Å². The molecule has 108 valence electrons. The lowest BCUT2D eigenvalue weighted by molar-refractivity contribution is 0.0780. The third kappa shape index (κ3) is 2.10. The van der Waals surface area contributed by atoms with E-state index in [2.05, 4.69) is 4.98 Å². The maximum absolute atomic E-state index is 12.7. The van der Waals surface area contributed by atoms with Crippen LogP contribution >= 0.6 is 0 Å². The van der Waals surface area contributed by atoms with E-state index in [9.17, 15) is 4.79 Å². The van der Waals surface area contributed by atoms with E-state index >= 15 is 0 Å². The summed E-state index contributed by atoms with van der Waals surface area (Å²) < 4.78 is 0. The maximum Gasteiger partial charge on any atom is 0.253 e. The van der Waals surface area contributed by atoms with Crippen LogP contribution in [0.25, 0.3) is 10.9 Å². The number of carbonyl (C=O) groups excluding carboxylic acids is 1. The fraction of sp³-hybridized carbons (Fsp3) is 0.412. The van der Waals surface area contributed by atoms with Crippen LogP contribution in [0, 0.1) is 11.8 Å². The first-order valence-electron chi connectivity index (χ1n) is 7.62. The van der Waals surface area contributed by atoms with Crippen molar-refractivity contribution in [3.63, 3.8) is 0 Å². The smallest absolute Gasteiger partial charge is 0.253 e. The molecule has 2 aromatic rings. The Morgan fingerprint density at radius 2 is 2.14 bits per heavy atom. The van der Waals surface area contributed by atoms with Gasteiger partial charge >= 0.3 is 0 Å². The van der Waals surface area contributed by atoms with E-state index in [-0.39, 0.29) is 11.9 Å². The van der Waals surface area contributed by atoms with Crippen molar-refractivity contribution in [2.75, 3.05) is 13.1 Å². The Bertz CT molecular complexity index is 699. The van der Waals surface area contributed by atoms with Crippen LogP contribution < -0.4 is 5.73 Å². The van der Waals surface area contributed by atoms with Crippen LogP contribution in [0.15, 0.2) is 36.5 Å². The molecule has 1 amide bonds. The lowest BCUT2D eigenvalue weighted by Gasteiger charge is -2.19. The van der Waals surface area contributed by atoms with Gasteiger partial charge < -0.3 is 10.6 Å². The fourth-order valence-corrected chi connectivity index (χ4v) is 3.86. The van der Waals surface area contributed by atoms with E-state index < -0.39 is 0 Å². The van der Waals surface area contributed by atoms with Crippen LogP contribution in [0.5, 0.6) is 0 Å². The first-order valence-corrected chi connectivity index (χ1v) is 7.62. The Morgan fingerprint density at radius 3 is 3.00 bits per heavy atom. The molecule has 3 unspecified atom stereocenters. The van der Waals surface area contributed by atoms with E-state index in [1.165, 1.54) is 0 Å². The van der Waals surface area contributed by atoms with Crippen LogP contribution in [-0.4, -0.2) is 34.9 Å². The highest BCUT2D eigenvalue weighted by Gasteiger charge is 2.42. The molecule has 1 aromatic carbocycles. The van der Waals surface area contributed by atoms with Crippen molar-refractivity contribution in [3.05, 3.63) is 42.1 Å². The lowest BCUT2D eigenvalue weighted by atomic mass is 9.98. The zero-order chi connectivity index (χ0) is 14.4. The molecule has 4 nitrogen and oxygen atoms in total. The predicted molar refractivity (Wildman–Crippen MR) is 81.8 cm³/mol. The molecule has 0 radical (unpaired) electrons. The van der Waals surface area contributed by atoms with E-state index in [0.717, 1.165) is 42.4 Å². The highest BCUT2D eigenvalue weighted by Crippen LogP contribution is 2.37. The van der Waals surface area contributed by atoms with Gasteiger partial charge in [0.25, 0.3) is 5.91 Å². The summed E-state index contributed by atoms with van der Waals surface area (Å²) in [5.74, 6) is 1.23. The first-order chi connectivity index (χ1) is 10.2. The molecule has 1 aliphatic heterocycles. The van der Waals surface area contributed by atoms with Gasteiger partial charge in [0.15, 0.2) is 0 Å². The summed E-state index contributed by atoms with van der Waals surface area (Å²) >= 11 is 0. The number of rotatable bonds is 1. The summed E-state index contributed by atoms with van der Waals surface area (Å²) in [4.78, 5) is 19.0. The average Bonchev–Trinajstić information content (AvgIpc) is 3.08. The van der Waals surface area contributed by atoms with Crippen LogP contribution in [-0.2, 0) is 0 Å². The van der Waals surface area contributed by atoms with Crippen molar-refractivity contribution in [2.45, 2.75) is 18.9 Å². The monoisotopic (exact) mass is 281 g/mol. The molecule has 3 atom stereocenters. The van der Waals surface area contributed by atoms with Gasteiger partial charge in [0.2, 0.25) is 0 Å². The molecule has 0 spiro atoms. The summed E-state index contributed by atoms with van der Waals surface area (Å²) in [5.41, 5.74) is 7.83. The van der Waals surface area contributed by atoms with Gasteiger partial charge in [-0.1, -0.05) is 6.07 Å². The summed E-state index contributed by atoms with van der Waals surface area (Å²) in [5, 5.41) is 1.01. The van der Waals surface area contributed by atoms with Crippen molar-refractivity contribution in [1.82, 2.24) is 9.88 Å². The molecular weight excluding hydrogens is 262 g/mol. The second-order valence-electron chi connectivity index (χ2n) is 6.29. The van der Waals surface area contributed by atoms with Crippen molar-refractivity contribution in [2.24, 2.45) is 17.6 Å². The number of nitrogens with two attached hydrogens (primary N) is 1. The molecule has 2 heterocycles. The largest absolute Gasteiger partial charge is 0.338 e. The summed E-state index contributed by atoms with van der Waals surface area (Å²) in [6.45, 7) is 1.68. The highest BCUT2D eigenvalue weighted by atomic mass is 16.2. The minimum atomic E-state index is 0.127. The number of pyridine rings is 1. The zero-order valence-corrected chi connectivity index (χ0v) is 11.9. The fourth-order valence-electron chi connectivity index (χ4n) is 3.86. The van der Waals surface area contributed by atoms with Gasteiger partial charge in [-0.05, 0) is 48.9 Å². The van der Waals surface area contributed by atoms with Crippen molar-refractivity contribution in [3.8, 4) is 0 Å². The van der Waals surface area contributed by atoms with Gasteiger partial charge in [0.1, 0.15) is 0 Å². The minimum Gasteiger partial charge on any atom is -0.338 e. The van der Waals surface area contributed by atoms with Crippen LogP contribution in [0.4, 0.5) is 0 Å². The third-order valence-corrected chi connectivity index (χ3v) is 5.05. The normalized spacial score (nSPS) is 28.0. The highest BCUT2D eigenvalue weighted by molar-refractivity contribution is 5.98. The third-order valence-electron chi connectivity index (χ3n) is 5.05. The van der Waals surface area contributed by atoms with Crippen molar-refractivity contribution >= 4 is 16.8 Å². The molecular formula is C17H19N3O. The van der Waals surface area contributed by atoms with Crippen LogP contribution in [0.2, 0.25) is 0 Å². The number of hydrogen-bond acceptors (Lipinski definition) is 3. The number of fused-ring (bicyclic) bond motifs is 2. The SMILES string of the molecule is NC1CCC2CN(C(=O)c3ccc4ncccc4c3)CC12. The van der Waals surface area contributed by atoms with E-state index in [0.29, 0.717) is 11.8 Å². The Kier molecular flexibility index (Phi) is 2.93. The molecule has 2 fully saturated rings. The van der Waals surface area contributed by atoms with E-state index in [1.807, 2.05) is 35.2 Å². The zero-order valence-electron chi connectivity index (χ0n) is 11.9. The Hall–Kier alpha value is -1.94. The van der Waals surface area contributed by atoms with Gasteiger partial charge in [0, 0.05) is 36.3 Å². The molecule has 1 aliphatic carbocycles. The standard InChI is InChI=1S/C17H19N3O/c18-15-5-3-13-9-20(10-14(13)15)17(21)12-4-6-16-11(8-12)2-1-7-19-16/h1-2,4,6-8,13-15H,3,5,9-10,18H2. The van der Waals surface area contributed by atoms with E-state index in [4.69, 9.17) is 5.73 Å². The number of amides is 1. The second kappa shape index (κ2) is 4.81. The summed E-state index contributed by atoms with van der Waals surface area (Å²) in [6.07, 6.45) is 4.04. The molecule has 2 aliphatic rings. The van der Waals surface area contributed by atoms with Crippen molar-refractivity contribution in [1.29, 1.82) is 0 Å². The molecule has 1 saturated carbocycles. The quantitative estimate of drug-likeness (QED) is 0.870. The van der Waals surface area contributed by atoms with E-state index in [1.54, 1.807) is 6.20 Å². The summed E-state index contributed by atoms with van der Waals surface area (Å²) in [7, 11) is 0. The number of likely N-dealkylation sites (tertiary alicyclic amines) is 1. The van der Waals surface area contributed by atoms with Crippen LogP contribution in [0.1, 0.15) is 23.2 Å². The number of hydrogen-bond donors (Lipinski definition) is 1. The van der Waals surface area contributed by atoms with Crippen molar-refractivity contribution < 1.29 is 4.79 Å². The van der Waals surface area contributed by atoms with Gasteiger partial charge in [-0.3, -0.25) is 9.78 Å². The number of aromatic nitrogens is 1. The lowest BCUT2D eigenvalue weighted by Crippen LogP contribution is -2.33. The Labute approximate surface area is 124 Å². The predicted octanol–water partition coefficient (Wildman–Crippen LogP) is 2.04. The summed E-state index contributed by atoms with van der Waals surface area (Å²) in [6, 6.07) is 9.91.